The monoisotopic (exact) mass is 352 g/mol. The number of aliphatic imine (C=N–C) groups is 1. The van der Waals surface area contributed by atoms with Crippen LogP contribution < -0.4 is 0 Å². The number of nitrogens with zero attached hydrogens (tertiary/aromatic N) is 3. The quantitative estimate of drug-likeness (QED) is 0.530. The third-order valence-corrected chi connectivity index (χ3v) is 5.97. The number of pyridine rings is 1. The molecule has 0 saturated heterocycles. The predicted octanol–water partition coefficient (Wildman–Crippen LogP) is 4.90. The Morgan fingerprint density at radius 2 is 1.85 bits per heavy atom. The number of aryl methyl sites for hydroxylation is 2. The van der Waals surface area contributed by atoms with Gasteiger partial charge in [0.05, 0.1) is 12.1 Å². The zero-order chi connectivity index (χ0) is 18.0. The minimum atomic E-state index is 0.808. The van der Waals surface area contributed by atoms with E-state index in [-0.39, 0.29) is 0 Å². The van der Waals surface area contributed by atoms with Crippen molar-refractivity contribution in [2.75, 3.05) is 0 Å². The smallest absolute Gasteiger partial charge is 0.126 e. The van der Waals surface area contributed by atoms with E-state index in [1.807, 2.05) is 13.1 Å². The van der Waals surface area contributed by atoms with Crippen molar-refractivity contribution in [2.24, 2.45) is 4.99 Å². The second-order valence-corrected chi connectivity index (χ2v) is 7.67. The number of hydrogen-bond acceptors (Lipinski definition) is 3. The minimum absolute atomic E-state index is 0.808. The fourth-order valence-electron chi connectivity index (χ4n) is 4.72. The Labute approximate surface area is 157 Å². The SMILES string of the molecule is Cc1nc2ccc3[nH]c(-c4ccc5c(c4)C=NC5)c4c(c3c2n1)CCCC4. The highest BCUT2D eigenvalue weighted by atomic mass is 14.9. The number of benzene rings is 2. The molecule has 0 bridgehead atoms. The molecular formula is C23H20N4. The van der Waals surface area contributed by atoms with Crippen molar-refractivity contribution in [3.8, 4) is 11.3 Å². The van der Waals surface area contributed by atoms with Crippen LogP contribution in [0.1, 0.15) is 40.9 Å². The first-order valence-corrected chi connectivity index (χ1v) is 9.72. The van der Waals surface area contributed by atoms with Crippen LogP contribution in [0.4, 0.5) is 0 Å². The Morgan fingerprint density at radius 1 is 0.963 bits per heavy atom. The molecule has 1 aliphatic heterocycles. The third kappa shape index (κ3) is 2.19. The van der Waals surface area contributed by atoms with Crippen molar-refractivity contribution >= 4 is 28.2 Å². The average Bonchev–Trinajstić information content (AvgIpc) is 3.31. The fourth-order valence-corrected chi connectivity index (χ4v) is 4.72. The molecule has 0 spiro atoms. The van der Waals surface area contributed by atoms with Gasteiger partial charge in [0.2, 0.25) is 0 Å². The molecule has 0 atom stereocenters. The van der Waals surface area contributed by atoms with Crippen molar-refractivity contribution in [2.45, 2.75) is 39.2 Å². The lowest BCUT2D eigenvalue weighted by Gasteiger charge is -2.22. The molecule has 4 aromatic rings. The number of H-pyrrole nitrogens is 1. The summed E-state index contributed by atoms with van der Waals surface area (Å²) in [6.45, 7) is 2.78. The van der Waals surface area contributed by atoms with Crippen LogP contribution in [0.15, 0.2) is 35.3 Å². The second-order valence-electron chi connectivity index (χ2n) is 7.67. The Bertz CT molecular complexity index is 1260. The number of rotatable bonds is 1. The molecule has 0 unspecified atom stereocenters. The topological polar surface area (TPSA) is 53.9 Å². The van der Waals surface area contributed by atoms with Crippen molar-refractivity contribution in [1.29, 1.82) is 0 Å². The predicted molar refractivity (Wildman–Crippen MR) is 110 cm³/mol. The summed E-state index contributed by atoms with van der Waals surface area (Å²) >= 11 is 0. The molecule has 1 N–H and O–H groups in total. The largest absolute Gasteiger partial charge is 0.354 e. The normalized spacial score (nSPS) is 15.4. The Kier molecular flexibility index (Phi) is 3.07. The average molecular weight is 352 g/mol. The molecule has 4 heteroatoms. The van der Waals surface area contributed by atoms with E-state index in [4.69, 9.17) is 4.98 Å². The van der Waals surface area contributed by atoms with Crippen LogP contribution in [-0.2, 0) is 19.4 Å². The summed E-state index contributed by atoms with van der Waals surface area (Å²) in [5.74, 6) is 0.851. The van der Waals surface area contributed by atoms with Crippen LogP contribution in [0.5, 0.6) is 0 Å². The van der Waals surface area contributed by atoms with Gasteiger partial charge in [0.1, 0.15) is 11.3 Å². The number of aromatic nitrogens is 3. The number of aromatic amines is 1. The summed E-state index contributed by atoms with van der Waals surface area (Å²) < 4.78 is 0. The van der Waals surface area contributed by atoms with Gasteiger partial charge in [-0.2, -0.15) is 0 Å². The van der Waals surface area contributed by atoms with Crippen molar-refractivity contribution in [3.63, 3.8) is 0 Å². The van der Waals surface area contributed by atoms with Crippen molar-refractivity contribution in [3.05, 3.63) is 58.4 Å². The van der Waals surface area contributed by atoms with Crippen LogP contribution in [0.25, 0.3) is 33.2 Å². The van der Waals surface area contributed by atoms with Gasteiger partial charge in [-0.25, -0.2) is 9.97 Å². The minimum Gasteiger partial charge on any atom is -0.354 e. The summed E-state index contributed by atoms with van der Waals surface area (Å²) in [5.41, 5.74) is 11.2. The van der Waals surface area contributed by atoms with Gasteiger partial charge in [0.25, 0.3) is 0 Å². The molecule has 132 valence electrons. The second kappa shape index (κ2) is 5.49. The maximum absolute atomic E-state index is 4.75. The maximum Gasteiger partial charge on any atom is 0.126 e. The number of hydrogen-bond donors (Lipinski definition) is 1. The lowest BCUT2D eigenvalue weighted by atomic mass is 9.85. The Hall–Kier alpha value is -3.01. The summed E-state index contributed by atoms with van der Waals surface area (Å²) in [6, 6.07) is 11.0. The Balaban J connectivity index is 1.69. The highest BCUT2D eigenvalue weighted by molar-refractivity contribution is 6.06. The highest BCUT2D eigenvalue weighted by Gasteiger charge is 2.21. The number of imidazole rings is 1. The van der Waals surface area contributed by atoms with Crippen LogP contribution in [0.2, 0.25) is 0 Å². The van der Waals surface area contributed by atoms with Gasteiger partial charge in [-0.15, -0.1) is 0 Å². The van der Waals surface area contributed by atoms with E-state index < -0.39 is 0 Å². The van der Waals surface area contributed by atoms with Crippen molar-refractivity contribution < 1.29 is 0 Å². The van der Waals surface area contributed by atoms with E-state index in [1.54, 1.807) is 0 Å². The molecule has 0 amide bonds. The van der Waals surface area contributed by atoms with E-state index >= 15 is 0 Å². The molecule has 4 nitrogen and oxygen atoms in total. The molecule has 2 aliphatic rings. The zero-order valence-corrected chi connectivity index (χ0v) is 15.3. The number of fused-ring (bicyclic) bond motifs is 6. The maximum atomic E-state index is 4.75. The fraction of sp³-hybridized carbons (Fsp3) is 0.261. The molecule has 2 aromatic carbocycles. The van der Waals surface area contributed by atoms with Gasteiger partial charge in [-0.3, -0.25) is 4.99 Å². The lowest BCUT2D eigenvalue weighted by molar-refractivity contribution is 0.689. The lowest BCUT2D eigenvalue weighted by Crippen LogP contribution is -2.08. The van der Waals surface area contributed by atoms with Crippen LogP contribution >= 0.6 is 0 Å². The van der Waals surface area contributed by atoms with Gasteiger partial charge in [0, 0.05) is 22.8 Å². The van der Waals surface area contributed by atoms with E-state index in [9.17, 15) is 0 Å². The first-order chi connectivity index (χ1) is 13.3. The first-order valence-electron chi connectivity index (χ1n) is 9.72. The third-order valence-electron chi connectivity index (χ3n) is 5.97. The highest BCUT2D eigenvalue weighted by Crippen LogP contribution is 2.38. The molecule has 3 heterocycles. The standard InChI is InChI=1S/C23H20N4/c1-13-25-20-9-8-19-21(23(20)26-13)17-4-2-3-5-18(17)22(27-19)14-6-7-15-11-24-12-16(15)10-14/h6-10,12,27H,2-5,11H2,1H3. The van der Waals surface area contributed by atoms with Crippen LogP contribution in [-0.4, -0.2) is 21.2 Å². The molecule has 27 heavy (non-hydrogen) atoms. The molecular weight excluding hydrogens is 332 g/mol. The summed E-state index contributed by atoms with van der Waals surface area (Å²) in [7, 11) is 0. The van der Waals surface area contributed by atoms with E-state index in [0.29, 0.717) is 0 Å². The van der Waals surface area contributed by atoms with Gasteiger partial charge in [0.15, 0.2) is 0 Å². The molecule has 0 fully saturated rings. The molecule has 0 radical (unpaired) electrons. The zero-order valence-electron chi connectivity index (χ0n) is 15.3. The Morgan fingerprint density at radius 3 is 2.78 bits per heavy atom. The molecule has 6 rings (SSSR count). The van der Waals surface area contributed by atoms with Gasteiger partial charge in [-0.05, 0) is 78.6 Å². The first kappa shape index (κ1) is 15.1. The van der Waals surface area contributed by atoms with E-state index in [0.717, 1.165) is 41.8 Å². The molecule has 2 aromatic heterocycles. The summed E-state index contributed by atoms with van der Waals surface area (Å²) in [5, 5.41) is 1.27. The van der Waals surface area contributed by atoms with Gasteiger partial charge in [-0.1, -0.05) is 12.1 Å². The van der Waals surface area contributed by atoms with E-state index in [1.165, 1.54) is 51.7 Å². The van der Waals surface area contributed by atoms with E-state index in [2.05, 4.69) is 45.3 Å². The number of nitrogens with one attached hydrogen (secondary N) is 1. The molecule has 1 aliphatic carbocycles. The van der Waals surface area contributed by atoms with Gasteiger partial charge >= 0.3 is 0 Å². The summed E-state index contributed by atoms with van der Waals surface area (Å²) in [6.07, 6.45) is 6.72. The molecule has 0 saturated carbocycles. The van der Waals surface area contributed by atoms with Crippen LogP contribution in [0, 0.1) is 6.92 Å². The van der Waals surface area contributed by atoms with Gasteiger partial charge < -0.3 is 4.98 Å². The van der Waals surface area contributed by atoms with Crippen molar-refractivity contribution in [1.82, 2.24) is 15.0 Å². The summed E-state index contributed by atoms with van der Waals surface area (Å²) in [4.78, 5) is 17.5. The van der Waals surface area contributed by atoms with Crippen LogP contribution in [0.3, 0.4) is 0 Å².